The molecule has 8 heteroatoms. The van der Waals surface area contributed by atoms with Crippen molar-refractivity contribution < 1.29 is 18.0 Å². The molecule has 0 saturated carbocycles. The van der Waals surface area contributed by atoms with Gasteiger partial charge in [0.05, 0.1) is 0 Å². The van der Waals surface area contributed by atoms with Crippen molar-refractivity contribution in [2.24, 2.45) is 0 Å². The minimum Gasteiger partial charge on any atom is -0.342 e. The SMILES string of the molecule is CCCN(CCC)C(=O)CS(=O)(=O)NC(=O)Nc1c2c(cc3c1CCC3)CCC2. The van der Waals surface area contributed by atoms with Crippen LogP contribution in [-0.2, 0) is 40.5 Å². The molecule has 0 aliphatic heterocycles. The molecular formula is C21H31N3O4S. The Balaban J connectivity index is 1.69. The summed E-state index contributed by atoms with van der Waals surface area (Å²) in [4.78, 5) is 26.4. The average Bonchev–Trinajstić information content (AvgIpc) is 3.29. The van der Waals surface area contributed by atoms with E-state index in [1.807, 2.05) is 18.6 Å². The highest BCUT2D eigenvalue weighted by Crippen LogP contribution is 2.38. The van der Waals surface area contributed by atoms with E-state index < -0.39 is 27.7 Å². The molecule has 160 valence electrons. The van der Waals surface area contributed by atoms with Gasteiger partial charge in [-0.3, -0.25) is 4.79 Å². The number of nitrogens with zero attached hydrogens (tertiary/aromatic N) is 1. The van der Waals surface area contributed by atoms with E-state index in [0.29, 0.717) is 13.1 Å². The fourth-order valence-corrected chi connectivity index (χ4v) is 5.35. The van der Waals surface area contributed by atoms with Crippen LogP contribution in [0.3, 0.4) is 0 Å². The number of nitrogens with one attached hydrogen (secondary N) is 2. The predicted molar refractivity (Wildman–Crippen MR) is 114 cm³/mol. The smallest absolute Gasteiger partial charge is 0.332 e. The van der Waals surface area contributed by atoms with Gasteiger partial charge in [0.1, 0.15) is 5.75 Å². The molecule has 0 radical (unpaired) electrons. The summed E-state index contributed by atoms with van der Waals surface area (Å²) in [7, 11) is -4.06. The van der Waals surface area contributed by atoms with E-state index in [2.05, 4.69) is 11.4 Å². The van der Waals surface area contributed by atoms with Crippen LogP contribution in [0.1, 0.15) is 61.8 Å². The number of hydrogen-bond acceptors (Lipinski definition) is 4. The molecule has 0 fully saturated rings. The van der Waals surface area contributed by atoms with E-state index in [0.717, 1.165) is 68.2 Å². The molecule has 0 aromatic heterocycles. The third-order valence-corrected chi connectivity index (χ3v) is 6.74. The van der Waals surface area contributed by atoms with E-state index in [4.69, 9.17) is 0 Å². The fourth-order valence-electron chi connectivity index (χ4n) is 4.44. The lowest BCUT2D eigenvalue weighted by Crippen LogP contribution is -2.43. The maximum Gasteiger partial charge on any atom is 0.332 e. The highest BCUT2D eigenvalue weighted by atomic mass is 32.2. The monoisotopic (exact) mass is 421 g/mol. The average molecular weight is 422 g/mol. The Morgan fingerprint density at radius 3 is 2.03 bits per heavy atom. The molecule has 3 rings (SSSR count). The maximum atomic E-state index is 12.5. The summed E-state index contributed by atoms with van der Waals surface area (Å²) in [5.74, 6) is -1.19. The van der Waals surface area contributed by atoms with E-state index in [1.165, 1.54) is 16.0 Å². The topological polar surface area (TPSA) is 95.6 Å². The standard InChI is InChI=1S/C21H31N3O4S/c1-3-11-24(12-4-2)19(25)14-29(27,28)23-21(26)22-20-17-9-5-7-15(17)13-16-8-6-10-18(16)20/h13H,3-12,14H2,1-2H3,(H2,22,23,26). The zero-order valence-electron chi connectivity index (χ0n) is 17.3. The van der Waals surface area contributed by atoms with Crippen LogP contribution in [0.4, 0.5) is 10.5 Å². The number of carbonyl (C=O) groups is 2. The Morgan fingerprint density at radius 2 is 1.52 bits per heavy atom. The Morgan fingerprint density at radius 1 is 0.966 bits per heavy atom. The van der Waals surface area contributed by atoms with Crippen LogP contribution in [0.15, 0.2) is 6.07 Å². The number of rotatable bonds is 8. The van der Waals surface area contributed by atoms with Crippen molar-refractivity contribution in [1.29, 1.82) is 0 Å². The molecule has 0 bridgehead atoms. The van der Waals surface area contributed by atoms with Gasteiger partial charge in [0, 0.05) is 18.8 Å². The van der Waals surface area contributed by atoms with Crippen LogP contribution >= 0.6 is 0 Å². The van der Waals surface area contributed by atoms with Crippen LogP contribution in [-0.4, -0.2) is 44.1 Å². The molecule has 29 heavy (non-hydrogen) atoms. The van der Waals surface area contributed by atoms with Crippen molar-refractivity contribution in [1.82, 2.24) is 9.62 Å². The van der Waals surface area contributed by atoms with E-state index in [-0.39, 0.29) is 0 Å². The number of benzene rings is 1. The normalized spacial score (nSPS) is 15.0. The van der Waals surface area contributed by atoms with E-state index in [1.54, 1.807) is 0 Å². The first-order chi connectivity index (χ1) is 13.8. The highest BCUT2D eigenvalue weighted by molar-refractivity contribution is 7.90. The summed E-state index contributed by atoms with van der Waals surface area (Å²) in [6.45, 7) is 4.90. The summed E-state index contributed by atoms with van der Waals surface area (Å²) in [5, 5.41) is 2.80. The van der Waals surface area contributed by atoms with Crippen LogP contribution in [0, 0.1) is 0 Å². The largest absolute Gasteiger partial charge is 0.342 e. The van der Waals surface area contributed by atoms with Crippen LogP contribution in [0.25, 0.3) is 0 Å². The number of sulfonamides is 1. The number of aryl methyl sites for hydroxylation is 2. The molecule has 7 nitrogen and oxygen atoms in total. The van der Waals surface area contributed by atoms with Crippen molar-refractivity contribution in [3.63, 3.8) is 0 Å². The number of anilines is 1. The first kappa shape index (κ1) is 21.6. The van der Waals surface area contributed by atoms with Crippen LogP contribution < -0.4 is 10.0 Å². The van der Waals surface area contributed by atoms with Crippen molar-refractivity contribution in [2.75, 3.05) is 24.2 Å². The molecule has 0 saturated heterocycles. The maximum absolute atomic E-state index is 12.5. The minimum absolute atomic E-state index is 0.476. The van der Waals surface area contributed by atoms with Crippen LogP contribution in [0.5, 0.6) is 0 Å². The molecule has 0 heterocycles. The van der Waals surface area contributed by atoms with Gasteiger partial charge in [0.25, 0.3) is 0 Å². The van der Waals surface area contributed by atoms with Gasteiger partial charge in [-0.15, -0.1) is 0 Å². The second kappa shape index (κ2) is 9.15. The molecule has 0 atom stereocenters. The number of amides is 3. The molecule has 2 aliphatic carbocycles. The van der Waals surface area contributed by atoms with Gasteiger partial charge < -0.3 is 10.2 Å². The first-order valence-electron chi connectivity index (χ1n) is 10.6. The Bertz CT molecular complexity index is 857. The Kier molecular flexibility index (Phi) is 6.82. The lowest BCUT2D eigenvalue weighted by Gasteiger charge is -2.21. The van der Waals surface area contributed by atoms with Gasteiger partial charge in [0.2, 0.25) is 15.9 Å². The van der Waals surface area contributed by atoms with Gasteiger partial charge in [-0.2, -0.15) is 0 Å². The zero-order chi connectivity index (χ0) is 21.0. The molecule has 3 amide bonds. The van der Waals surface area contributed by atoms with Gasteiger partial charge in [0.15, 0.2) is 0 Å². The second-order valence-corrected chi connectivity index (χ2v) is 9.65. The summed E-state index contributed by atoms with van der Waals surface area (Å²) >= 11 is 0. The van der Waals surface area contributed by atoms with E-state index in [9.17, 15) is 18.0 Å². The van der Waals surface area contributed by atoms with Crippen molar-refractivity contribution in [3.8, 4) is 0 Å². The van der Waals surface area contributed by atoms with Crippen LogP contribution in [0.2, 0.25) is 0 Å². The summed E-state index contributed by atoms with van der Waals surface area (Å²) in [6, 6.07) is 1.46. The fraction of sp³-hybridized carbons (Fsp3) is 0.619. The predicted octanol–water partition coefficient (Wildman–Crippen LogP) is 2.76. The number of fused-ring (bicyclic) bond motifs is 2. The first-order valence-corrected chi connectivity index (χ1v) is 12.3. The lowest BCUT2D eigenvalue weighted by atomic mass is 9.99. The quantitative estimate of drug-likeness (QED) is 0.675. The van der Waals surface area contributed by atoms with Gasteiger partial charge in [-0.25, -0.2) is 17.9 Å². The minimum atomic E-state index is -4.06. The number of urea groups is 1. The van der Waals surface area contributed by atoms with Gasteiger partial charge in [-0.1, -0.05) is 19.9 Å². The second-order valence-electron chi connectivity index (χ2n) is 7.93. The molecule has 1 aromatic carbocycles. The third-order valence-electron chi connectivity index (χ3n) is 5.61. The third kappa shape index (κ3) is 5.10. The van der Waals surface area contributed by atoms with Gasteiger partial charge in [-0.05, 0) is 73.6 Å². The summed E-state index contributed by atoms with van der Waals surface area (Å²) in [5.41, 5.74) is 5.56. The molecule has 2 N–H and O–H groups in total. The van der Waals surface area contributed by atoms with Gasteiger partial charge >= 0.3 is 6.03 Å². The zero-order valence-corrected chi connectivity index (χ0v) is 18.2. The lowest BCUT2D eigenvalue weighted by molar-refractivity contribution is -0.128. The highest BCUT2D eigenvalue weighted by Gasteiger charge is 2.27. The van der Waals surface area contributed by atoms with Crippen molar-refractivity contribution in [3.05, 3.63) is 28.3 Å². The Hall–Kier alpha value is -2.09. The Labute approximate surface area is 173 Å². The molecule has 1 aromatic rings. The van der Waals surface area contributed by atoms with Crippen molar-refractivity contribution >= 4 is 27.6 Å². The molecule has 0 unspecified atom stereocenters. The number of carbonyl (C=O) groups excluding carboxylic acids is 2. The summed E-state index contributed by atoms with van der Waals surface area (Å²) in [6.07, 6.45) is 7.39. The van der Waals surface area contributed by atoms with Crippen molar-refractivity contribution in [2.45, 2.75) is 65.2 Å². The number of hydrogen-bond donors (Lipinski definition) is 2. The van der Waals surface area contributed by atoms with E-state index >= 15 is 0 Å². The molecule has 2 aliphatic rings. The molecular weight excluding hydrogens is 390 g/mol. The molecule has 0 spiro atoms. The summed E-state index contributed by atoms with van der Waals surface area (Å²) < 4.78 is 26.8.